The van der Waals surface area contributed by atoms with Crippen LogP contribution in [0.3, 0.4) is 0 Å². The van der Waals surface area contributed by atoms with E-state index in [-0.39, 0.29) is 6.42 Å². The van der Waals surface area contributed by atoms with Crippen LogP contribution in [-0.2, 0) is 19.0 Å². The fourth-order valence-corrected chi connectivity index (χ4v) is 2.68. The second kappa shape index (κ2) is 8.91. The second-order valence-electron chi connectivity index (χ2n) is 8.91. The highest BCUT2D eigenvalue weighted by Crippen LogP contribution is 2.23. The summed E-state index contributed by atoms with van der Waals surface area (Å²) in [6.45, 7) is 11.7. The predicted octanol–water partition coefficient (Wildman–Crippen LogP) is 3.39. The molecule has 0 bridgehead atoms. The number of imide groups is 1. The molecular formula is C19H33NO7. The summed E-state index contributed by atoms with van der Waals surface area (Å²) < 4.78 is 16.0. The van der Waals surface area contributed by atoms with Crippen LogP contribution in [0.1, 0.15) is 74.1 Å². The van der Waals surface area contributed by atoms with Crippen LogP contribution in [-0.4, -0.2) is 57.6 Å². The zero-order valence-electron chi connectivity index (χ0n) is 17.4. The molecule has 0 aromatic rings. The molecular weight excluding hydrogens is 354 g/mol. The number of rotatable bonds is 1. The van der Waals surface area contributed by atoms with Crippen molar-refractivity contribution in [3.63, 3.8) is 0 Å². The minimum atomic E-state index is -1.18. The van der Waals surface area contributed by atoms with Crippen LogP contribution < -0.4 is 0 Å². The molecule has 1 fully saturated rings. The number of esters is 1. The Morgan fingerprint density at radius 2 is 1.52 bits per heavy atom. The molecule has 27 heavy (non-hydrogen) atoms. The third-order valence-corrected chi connectivity index (χ3v) is 3.70. The first-order valence-electron chi connectivity index (χ1n) is 9.33. The van der Waals surface area contributed by atoms with Crippen molar-refractivity contribution in [3.05, 3.63) is 0 Å². The van der Waals surface area contributed by atoms with Crippen molar-refractivity contribution in [1.82, 2.24) is 4.90 Å². The van der Waals surface area contributed by atoms with Crippen LogP contribution in [0.25, 0.3) is 0 Å². The standard InChI is InChI=1S/C19H33NO7/c1-12-11-13(21)9-8-10-14(15(22)25-12)20(16(23)26-18(2,3)4)17(24)27-19(5,6)7/h12-14,21H,8-11H2,1-7H3/t12?,13?,14-/m0/s1. The Bertz CT molecular complexity index is 519. The fourth-order valence-electron chi connectivity index (χ4n) is 2.68. The van der Waals surface area contributed by atoms with Gasteiger partial charge in [-0.2, -0.15) is 4.90 Å². The number of hydrogen-bond acceptors (Lipinski definition) is 7. The van der Waals surface area contributed by atoms with E-state index in [1.807, 2.05) is 0 Å². The van der Waals surface area contributed by atoms with E-state index in [4.69, 9.17) is 14.2 Å². The average molecular weight is 387 g/mol. The van der Waals surface area contributed by atoms with Gasteiger partial charge >= 0.3 is 18.2 Å². The highest BCUT2D eigenvalue weighted by molar-refractivity contribution is 5.94. The number of cyclic esters (lactones) is 1. The molecule has 0 spiro atoms. The number of ether oxygens (including phenoxy) is 3. The van der Waals surface area contributed by atoms with Crippen molar-refractivity contribution in [2.75, 3.05) is 0 Å². The maximum atomic E-state index is 12.7. The van der Waals surface area contributed by atoms with Crippen LogP contribution in [0.5, 0.6) is 0 Å². The number of nitrogens with zero attached hydrogens (tertiary/aromatic N) is 1. The van der Waals surface area contributed by atoms with Gasteiger partial charge in [0, 0.05) is 6.42 Å². The lowest BCUT2D eigenvalue weighted by Gasteiger charge is -2.32. The van der Waals surface area contributed by atoms with E-state index in [0.717, 1.165) is 0 Å². The summed E-state index contributed by atoms with van der Waals surface area (Å²) in [6.07, 6.45) is -1.74. The van der Waals surface area contributed by atoms with Gasteiger partial charge in [0.25, 0.3) is 0 Å². The van der Waals surface area contributed by atoms with Gasteiger partial charge in [0.15, 0.2) is 0 Å². The molecule has 1 saturated heterocycles. The van der Waals surface area contributed by atoms with Crippen LogP contribution in [0.15, 0.2) is 0 Å². The summed E-state index contributed by atoms with van der Waals surface area (Å²) in [4.78, 5) is 38.8. The molecule has 0 saturated carbocycles. The predicted molar refractivity (Wildman–Crippen MR) is 98.1 cm³/mol. The summed E-state index contributed by atoms with van der Waals surface area (Å²) in [5.74, 6) is -0.715. The Kier molecular flexibility index (Phi) is 7.66. The highest BCUT2D eigenvalue weighted by atomic mass is 16.6. The molecule has 3 atom stereocenters. The minimum Gasteiger partial charge on any atom is -0.461 e. The molecule has 0 radical (unpaired) electrons. The lowest BCUT2D eigenvalue weighted by Crippen LogP contribution is -2.52. The van der Waals surface area contributed by atoms with Gasteiger partial charge in [0.2, 0.25) is 0 Å². The largest absolute Gasteiger partial charge is 0.461 e. The molecule has 2 amide bonds. The van der Waals surface area contributed by atoms with E-state index >= 15 is 0 Å². The topological polar surface area (TPSA) is 102 Å². The van der Waals surface area contributed by atoms with Gasteiger partial charge in [-0.15, -0.1) is 0 Å². The Hall–Kier alpha value is -1.83. The monoisotopic (exact) mass is 387 g/mol. The van der Waals surface area contributed by atoms with Crippen molar-refractivity contribution in [1.29, 1.82) is 0 Å². The van der Waals surface area contributed by atoms with E-state index in [1.165, 1.54) is 0 Å². The first-order chi connectivity index (χ1) is 12.2. The zero-order valence-corrected chi connectivity index (χ0v) is 17.4. The molecule has 0 aromatic carbocycles. The van der Waals surface area contributed by atoms with E-state index in [9.17, 15) is 19.5 Å². The third-order valence-electron chi connectivity index (χ3n) is 3.70. The molecule has 1 aliphatic rings. The molecule has 0 aliphatic carbocycles. The molecule has 2 unspecified atom stereocenters. The normalized spacial score (nSPS) is 24.7. The van der Waals surface area contributed by atoms with E-state index < -0.39 is 47.6 Å². The number of aliphatic hydroxyl groups is 1. The number of carbonyl (C=O) groups excluding carboxylic acids is 3. The van der Waals surface area contributed by atoms with Gasteiger partial charge < -0.3 is 19.3 Å². The summed E-state index contributed by atoms with van der Waals surface area (Å²) in [5, 5.41) is 9.96. The minimum absolute atomic E-state index is 0.154. The average Bonchev–Trinajstić information content (AvgIpc) is 2.46. The number of hydrogen-bond donors (Lipinski definition) is 1. The number of aliphatic hydroxyl groups excluding tert-OH is 1. The smallest absolute Gasteiger partial charge is 0.420 e. The quantitative estimate of drug-likeness (QED) is 0.543. The van der Waals surface area contributed by atoms with E-state index in [2.05, 4.69) is 0 Å². The van der Waals surface area contributed by atoms with E-state index in [0.29, 0.717) is 24.2 Å². The first kappa shape index (κ1) is 23.2. The molecule has 1 N–H and O–H groups in total. The highest BCUT2D eigenvalue weighted by Gasteiger charge is 2.41. The molecule has 8 nitrogen and oxygen atoms in total. The van der Waals surface area contributed by atoms with Crippen LogP contribution in [0, 0.1) is 0 Å². The maximum Gasteiger partial charge on any atom is 0.420 e. The second-order valence-corrected chi connectivity index (χ2v) is 8.91. The molecule has 0 aromatic heterocycles. The van der Waals surface area contributed by atoms with Crippen molar-refractivity contribution in [2.24, 2.45) is 0 Å². The van der Waals surface area contributed by atoms with Gasteiger partial charge in [-0.1, -0.05) is 0 Å². The molecule has 1 aliphatic heterocycles. The lowest BCUT2D eigenvalue weighted by molar-refractivity contribution is -0.155. The zero-order chi connectivity index (χ0) is 21.0. The van der Waals surface area contributed by atoms with Gasteiger partial charge in [-0.05, 0) is 67.7 Å². The molecule has 1 rings (SSSR count). The van der Waals surface area contributed by atoms with Gasteiger partial charge in [-0.25, -0.2) is 14.4 Å². The Morgan fingerprint density at radius 3 is 1.96 bits per heavy atom. The van der Waals surface area contributed by atoms with Crippen molar-refractivity contribution < 1.29 is 33.7 Å². The first-order valence-corrected chi connectivity index (χ1v) is 9.33. The number of carbonyl (C=O) groups is 3. The van der Waals surface area contributed by atoms with Crippen molar-refractivity contribution >= 4 is 18.2 Å². The summed E-state index contributed by atoms with van der Waals surface area (Å²) >= 11 is 0. The number of amides is 2. The van der Waals surface area contributed by atoms with Gasteiger partial charge in [0.05, 0.1) is 6.10 Å². The Labute approximate surface area is 161 Å². The van der Waals surface area contributed by atoms with Crippen molar-refractivity contribution in [3.8, 4) is 0 Å². The van der Waals surface area contributed by atoms with Gasteiger partial charge in [-0.3, -0.25) is 0 Å². The van der Waals surface area contributed by atoms with Crippen LogP contribution in [0.4, 0.5) is 9.59 Å². The molecule has 8 heteroatoms. The Morgan fingerprint density at radius 1 is 1.04 bits per heavy atom. The summed E-state index contributed by atoms with van der Waals surface area (Å²) in [5.41, 5.74) is -1.72. The lowest BCUT2D eigenvalue weighted by atomic mass is 10.0. The van der Waals surface area contributed by atoms with E-state index in [1.54, 1.807) is 48.5 Å². The van der Waals surface area contributed by atoms with Crippen LogP contribution in [0.2, 0.25) is 0 Å². The van der Waals surface area contributed by atoms with Gasteiger partial charge in [0.1, 0.15) is 23.3 Å². The third kappa shape index (κ3) is 8.15. The summed E-state index contributed by atoms with van der Waals surface area (Å²) in [7, 11) is 0. The summed E-state index contributed by atoms with van der Waals surface area (Å²) in [6, 6.07) is -1.18. The maximum absolute atomic E-state index is 12.7. The fraction of sp³-hybridized carbons (Fsp3) is 0.842. The molecule has 156 valence electrons. The SMILES string of the molecule is CC1CC(O)CCC[C@H](N(C(=O)OC(C)(C)C)C(=O)OC(C)(C)C)C(=O)O1. The van der Waals surface area contributed by atoms with Crippen molar-refractivity contribution in [2.45, 2.75) is 104 Å². The Balaban J connectivity index is 3.18. The van der Waals surface area contributed by atoms with Crippen LogP contribution >= 0.6 is 0 Å². The molecule has 1 heterocycles.